The minimum absolute atomic E-state index is 0.00606. The molecule has 0 atom stereocenters. The third kappa shape index (κ3) is 2.94. The molecule has 0 saturated heterocycles. The first-order valence-electron chi connectivity index (χ1n) is 5.88. The van der Waals surface area contributed by atoms with Gasteiger partial charge in [-0.1, -0.05) is 23.2 Å². The normalized spacial score (nSPS) is 10.5. The van der Waals surface area contributed by atoms with Gasteiger partial charge in [0.05, 0.1) is 21.4 Å². The molecule has 1 aromatic heterocycles. The SMILES string of the molecule is CN(C)c1c(Cl)ccc(-c2ccc(Cl)c(C(=O)O)n2)c1F. The summed E-state index contributed by atoms with van der Waals surface area (Å²) < 4.78 is 14.6. The van der Waals surface area contributed by atoms with E-state index in [9.17, 15) is 9.18 Å². The van der Waals surface area contributed by atoms with Crippen molar-refractivity contribution in [3.63, 3.8) is 0 Å². The Labute approximate surface area is 130 Å². The van der Waals surface area contributed by atoms with Crippen LogP contribution in [0.1, 0.15) is 10.5 Å². The van der Waals surface area contributed by atoms with E-state index in [1.54, 1.807) is 14.1 Å². The predicted octanol–water partition coefficient (Wildman–Crippen LogP) is 3.96. The molecule has 0 radical (unpaired) electrons. The van der Waals surface area contributed by atoms with Gasteiger partial charge in [-0.15, -0.1) is 0 Å². The Balaban J connectivity index is 2.65. The third-order valence-corrected chi connectivity index (χ3v) is 3.45. The van der Waals surface area contributed by atoms with Gasteiger partial charge in [0.15, 0.2) is 11.5 Å². The highest BCUT2D eigenvalue weighted by Crippen LogP contribution is 2.34. The summed E-state index contributed by atoms with van der Waals surface area (Å²) in [6, 6.07) is 5.82. The molecule has 4 nitrogen and oxygen atoms in total. The van der Waals surface area contributed by atoms with Gasteiger partial charge < -0.3 is 10.0 Å². The zero-order valence-corrected chi connectivity index (χ0v) is 12.7. The first-order chi connectivity index (χ1) is 9.82. The molecule has 0 amide bonds. The van der Waals surface area contributed by atoms with E-state index in [-0.39, 0.29) is 32.7 Å². The smallest absolute Gasteiger partial charge is 0.356 e. The minimum Gasteiger partial charge on any atom is -0.476 e. The monoisotopic (exact) mass is 328 g/mol. The van der Waals surface area contributed by atoms with E-state index in [2.05, 4.69) is 4.98 Å². The van der Waals surface area contributed by atoms with E-state index in [1.165, 1.54) is 29.2 Å². The fraction of sp³-hybridized carbons (Fsp3) is 0.143. The Morgan fingerprint density at radius 3 is 2.38 bits per heavy atom. The molecule has 7 heteroatoms. The minimum atomic E-state index is -1.27. The molecule has 2 aromatic rings. The fourth-order valence-electron chi connectivity index (χ4n) is 1.89. The summed E-state index contributed by atoms with van der Waals surface area (Å²) in [5.41, 5.74) is 0.217. The first-order valence-corrected chi connectivity index (χ1v) is 6.64. The molecule has 110 valence electrons. The molecule has 0 aliphatic rings. The van der Waals surface area contributed by atoms with Crippen molar-refractivity contribution in [2.24, 2.45) is 0 Å². The largest absolute Gasteiger partial charge is 0.476 e. The van der Waals surface area contributed by atoms with Crippen LogP contribution in [0, 0.1) is 5.82 Å². The van der Waals surface area contributed by atoms with Crippen LogP contribution in [0.25, 0.3) is 11.3 Å². The molecule has 21 heavy (non-hydrogen) atoms. The van der Waals surface area contributed by atoms with E-state index in [0.717, 1.165) is 0 Å². The van der Waals surface area contributed by atoms with Crippen LogP contribution in [0.3, 0.4) is 0 Å². The topological polar surface area (TPSA) is 53.4 Å². The fourth-order valence-corrected chi connectivity index (χ4v) is 2.39. The Morgan fingerprint density at radius 2 is 1.81 bits per heavy atom. The van der Waals surface area contributed by atoms with Crippen LogP contribution in [-0.2, 0) is 0 Å². The van der Waals surface area contributed by atoms with Gasteiger partial charge in [0.25, 0.3) is 0 Å². The summed E-state index contributed by atoms with van der Waals surface area (Å²) in [5, 5.41) is 9.28. The van der Waals surface area contributed by atoms with Crippen LogP contribution in [0.5, 0.6) is 0 Å². The lowest BCUT2D eigenvalue weighted by molar-refractivity contribution is 0.0691. The summed E-state index contributed by atoms with van der Waals surface area (Å²) >= 11 is 11.7. The van der Waals surface area contributed by atoms with Gasteiger partial charge in [-0.05, 0) is 24.3 Å². The zero-order valence-electron chi connectivity index (χ0n) is 11.2. The number of aromatic nitrogens is 1. The molecule has 0 aliphatic carbocycles. The molecule has 1 heterocycles. The van der Waals surface area contributed by atoms with E-state index < -0.39 is 11.8 Å². The number of pyridine rings is 1. The number of hydrogen-bond donors (Lipinski definition) is 1. The first kappa shape index (κ1) is 15.5. The maximum Gasteiger partial charge on any atom is 0.356 e. The number of carbonyl (C=O) groups is 1. The van der Waals surface area contributed by atoms with Crippen LogP contribution in [-0.4, -0.2) is 30.2 Å². The molecular formula is C14H11Cl2FN2O2. The number of rotatable bonds is 3. The van der Waals surface area contributed by atoms with Crippen molar-refractivity contribution in [3.05, 3.63) is 45.8 Å². The summed E-state index contributed by atoms with van der Waals surface area (Å²) in [7, 11) is 3.32. The number of halogens is 3. The summed E-state index contributed by atoms with van der Waals surface area (Å²) in [6.45, 7) is 0. The van der Waals surface area contributed by atoms with E-state index in [0.29, 0.717) is 0 Å². The molecule has 1 aromatic carbocycles. The summed E-state index contributed by atoms with van der Waals surface area (Å²) in [5.74, 6) is -1.84. The van der Waals surface area contributed by atoms with E-state index in [1.807, 2.05) is 0 Å². The second-order valence-electron chi connectivity index (χ2n) is 4.48. The predicted molar refractivity (Wildman–Crippen MR) is 80.9 cm³/mol. The Morgan fingerprint density at radius 1 is 1.19 bits per heavy atom. The van der Waals surface area contributed by atoms with Crippen molar-refractivity contribution in [1.82, 2.24) is 4.98 Å². The van der Waals surface area contributed by atoms with Crippen molar-refractivity contribution >= 4 is 34.9 Å². The standard InChI is InChI=1S/C14H11Cl2FN2O2/c1-19(2)13-9(16)4-3-7(11(13)17)10-6-5-8(15)12(18-10)14(20)21/h3-6H,1-2H3,(H,20,21). The molecule has 0 bridgehead atoms. The van der Waals surface area contributed by atoms with Crippen molar-refractivity contribution in [2.45, 2.75) is 0 Å². The number of carboxylic acids is 1. The number of nitrogens with zero attached hydrogens (tertiary/aromatic N) is 2. The number of benzene rings is 1. The van der Waals surface area contributed by atoms with Crippen molar-refractivity contribution < 1.29 is 14.3 Å². The number of hydrogen-bond acceptors (Lipinski definition) is 3. The maximum atomic E-state index is 14.6. The quantitative estimate of drug-likeness (QED) is 0.926. The Hall–Kier alpha value is -1.85. The van der Waals surface area contributed by atoms with Crippen LogP contribution in [0.2, 0.25) is 10.0 Å². The highest BCUT2D eigenvalue weighted by Gasteiger charge is 2.18. The maximum absolute atomic E-state index is 14.6. The van der Waals surface area contributed by atoms with Gasteiger partial charge in [-0.3, -0.25) is 0 Å². The highest BCUT2D eigenvalue weighted by molar-refractivity contribution is 6.33. The van der Waals surface area contributed by atoms with Gasteiger partial charge >= 0.3 is 5.97 Å². The lowest BCUT2D eigenvalue weighted by Gasteiger charge is -2.17. The van der Waals surface area contributed by atoms with Crippen LogP contribution in [0.4, 0.5) is 10.1 Å². The molecule has 0 unspecified atom stereocenters. The molecule has 1 N–H and O–H groups in total. The average molecular weight is 329 g/mol. The van der Waals surface area contributed by atoms with Gasteiger partial charge in [-0.2, -0.15) is 0 Å². The molecule has 0 saturated carbocycles. The molecular weight excluding hydrogens is 318 g/mol. The van der Waals surface area contributed by atoms with Gasteiger partial charge in [0.1, 0.15) is 0 Å². The number of aromatic carboxylic acids is 1. The van der Waals surface area contributed by atoms with Gasteiger partial charge in [0, 0.05) is 19.7 Å². The summed E-state index contributed by atoms with van der Waals surface area (Å²) in [6.07, 6.45) is 0. The molecule has 0 aliphatic heterocycles. The molecule has 0 fully saturated rings. The number of anilines is 1. The van der Waals surface area contributed by atoms with Crippen LogP contribution < -0.4 is 4.90 Å². The van der Waals surface area contributed by atoms with Crippen LogP contribution >= 0.6 is 23.2 Å². The molecule has 0 spiro atoms. The third-order valence-electron chi connectivity index (χ3n) is 2.84. The molecule has 2 rings (SSSR count). The van der Waals surface area contributed by atoms with Crippen molar-refractivity contribution in [2.75, 3.05) is 19.0 Å². The van der Waals surface area contributed by atoms with Gasteiger partial charge in [0.2, 0.25) is 0 Å². The lowest BCUT2D eigenvalue weighted by Crippen LogP contribution is -2.12. The number of carboxylic acid groups (broad SMARTS) is 1. The highest BCUT2D eigenvalue weighted by atomic mass is 35.5. The second-order valence-corrected chi connectivity index (χ2v) is 5.30. The van der Waals surface area contributed by atoms with Crippen LogP contribution in [0.15, 0.2) is 24.3 Å². The Bertz CT molecular complexity index is 720. The Kier molecular flexibility index (Phi) is 4.34. The lowest BCUT2D eigenvalue weighted by atomic mass is 10.1. The van der Waals surface area contributed by atoms with E-state index >= 15 is 0 Å². The van der Waals surface area contributed by atoms with Crippen molar-refractivity contribution in [3.8, 4) is 11.3 Å². The summed E-state index contributed by atoms with van der Waals surface area (Å²) in [4.78, 5) is 16.5. The zero-order chi connectivity index (χ0) is 15.7. The van der Waals surface area contributed by atoms with Crippen molar-refractivity contribution in [1.29, 1.82) is 0 Å². The second kappa shape index (κ2) is 5.87. The average Bonchev–Trinajstić information content (AvgIpc) is 2.39. The van der Waals surface area contributed by atoms with E-state index in [4.69, 9.17) is 28.3 Å². The van der Waals surface area contributed by atoms with Gasteiger partial charge in [-0.25, -0.2) is 14.2 Å².